The van der Waals surface area contributed by atoms with Crippen LogP contribution < -0.4 is 16.3 Å². The number of carbonyl (C=O) groups is 1. The van der Waals surface area contributed by atoms with Crippen LogP contribution in [-0.2, 0) is 0 Å². The number of aromatic nitrogens is 1. The number of aliphatic hydroxyl groups excluding tert-OH is 1. The molecule has 0 saturated heterocycles. The van der Waals surface area contributed by atoms with Crippen molar-refractivity contribution < 1.29 is 14.4 Å². The van der Waals surface area contributed by atoms with Gasteiger partial charge >= 0.3 is 0 Å². The van der Waals surface area contributed by atoms with Gasteiger partial charge in [0.05, 0.1) is 11.8 Å². The molecule has 1 aliphatic carbocycles. The number of nitrogens with zero attached hydrogens (tertiary/aromatic N) is 2. The summed E-state index contributed by atoms with van der Waals surface area (Å²) in [4.78, 5) is 12.4. The summed E-state index contributed by atoms with van der Waals surface area (Å²) in [5.41, 5.74) is 8.29. The molecule has 1 aliphatic heterocycles. The zero-order valence-electron chi connectivity index (χ0n) is 15.1. The number of benzene rings is 1. The summed E-state index contributed by atoms with van der Waals surface area (Å²) in [6.07, 6.45) is 3.00. The quantitative estimate of drug-likeness (QED) is 0.610. The summed E-state index contributed by atoms with van der Waals surface area (Å²) in [6, 6.07) is 11.4. The second kappa shape index (κ2) is 7.42. The molecule has 27 heavy (non-hydrogen) atoms. The van der Waals surface area contributed by atoms with Gasteiger partial charge in [0.25, 0.3) is 5.91 Å². The lowest BCUT2D eigenvalue weighted by atomic mass is 9.80. The maximum Gasteiger partial charge on any atom is 0.290 e. The van der Waals surface area contributed by atoms with Gasteiger partial charge in [0, 0.05) is 30.4 Å². The van der Waals surface area contributed by atoms with Crippen molar-refractivity contribution in [1.29, 1.82) is 0 Å². The van der Waals surface area contributed by atoms with Crippen molar-refractivity contribution in [3.8, 4) is 11.3 Å². The van der Waals surface area contributed by atoms with Crippen LogP contribution in [0.5, 0.6) is 0 Å². The lowest BCUT2D eigenvalue weighted by Gasteiger charge is -2.38. The molecule has 1 fully saturated rings. The van der Waals surface area contributed by atoms with Gasteiger partial charge in [-0.05, 0) is 25.7 Å². The normalized spacial score (nSPS) is 22.6. The van der Waals surface area contributed by atoms with Crippen LogP contribution in [0, 0.1) is 5.92 Å². The van der Waals surface area contributed by atoms with E-state index in [9.17, 15) is 9.90 Å². The van der Waals surface area contributed by atoms with Gasteiger partial charge in [-0.2, -0.15) is 0 Å². The van der Waals surface area contributed by atoms with Crippen molar-refractivity contribution in [3.63, 3.8) is 0 Å². The first kappa shape index (κ1) is 17.6. The molecule has 1 aromatic heterocycles. The maximum absolute atomic E-state index is 12.4. The van der Waals surface area contributed by atoms with E-state index in [2.05, 4.69) is 21.4 Å². The lowest BCUT2D eigenvalue weighted by Crippen LogP contribution is -2.50. The Morgan fingerprint density at radius 2 is 2.19 bits per heavy atom. The van der Waals surface area contributed by atoms with E-state index in [1.165, 1.54) is 0 Å². The third-order valence-corrected chi connectivity index (χ3v) is 4.97. The Bertz CT molecular complexity index is 827. The summed E-state index contributed by atoms with van der Waals surface area (Å²) in [5.74, 6) is 0.431. The van der Waals surface area contributed by atoms with E-state index < -0.39 is 6.10 Å². The second-order valence-corrected chi connectivity index (χ2v) is 7.06. The molecule has 8 nitrogen and oxygen atoms in total. The van der Waals surface area contributed by atoms with Gasteiger partial charge in [-0.1, -0.05) is 35.5 Å². The van der Waals surface area contributed by atoms with Crippen LogP contribution in [0.25, 0.3) is 11.3 Å². The van der Waals surface area contributed by atoms with E-state index in [1.54, 1.807) is 19.2 Å². The lowest BCUT2D eigenvalue weighted by molar-refractivity contribution is 0.0789. The van der Waals surface area contributed by atoms with Gasteiger partial charge in [0.1, 0.15) is 5.69 Å². The number of rotatable bonds is 6. The smallest absolute Gasteiger partial charge is 0.290 e. The summed E-state index contributed by atoms with van der Waals surface area (Å²) in [5, 5.41) is 18.6. The molecule has 2 aliphatic rings. The fourth-order valence-corrected chi connectivity index (χ4v) is 3.47. The Morgan fingerprint density at radius 3 is 2.93 bits per heavy atom. The zero-order valence-corrected chi connectivity index (χ0v) is 15.1. The van der Waals surface area contributed by atoms with Crippen molar-refractivity contribution in [3.05, 3.63) is 54.1 Å². The predicted molar refractivity (Wildman–Crippen MR) is 98.7 cm³/mol. The Balaban J connectivity index is 1.26. The summed E-state index contributed by atoms with van der Waals surface area (Å²) >= 11 is 0. The van der Waals surface area contributed by atoms with Crippen LogP contribution in [0.2, 0.25) is 0 Å². The zero-order chi connectivity index (χ0) is 18.8. The van der Waals surface area contributed by atoms with E-state index in [0.717, 1.165) is 30.6 Å². The molecule has 1 atom stereocenters. The van der Waals surface area contributed by atoms with E-state index in [4.69, 9.17) is 4.52 Å². The number of carbonyl (C=O) groups excluding carboxylic acids is 1. The van der Waals surface area contributed by atoms with E-state index in [1.807, 2.05) is 35.3 Å². The minimum atomic E-state index is -0.534. The number of nitrogens with one attached hydrogen (secondary N) is 3. The fourth-order valence-electron chi connectivity index (χ4n) is 3.47. The Morgan fingerprint density at radius 1 is 1.41 bits per heavy atom. The van der Waals surface area contributed by atoms with Crippen molar-refractivity contribution in [2.24, 2.45) is 5.92 Å². The minimum absolute atomic E-state index is 0.127. The average Bonchev–Trinajstić information content (AvgIpc) is 3.30. The second-order valence-electron chi connectivity index (χ2n) is 7.06. The highest BCUT2D eigenvalue weighted by molar-refractivity contribution is 5.92. The molecule has 0 radical (unpaired) electrons. The minimum Gasteiger partial charge on any atom is -0.387 e. The molecule has 2 heterocycles. The first-order valence-corrected chi connectivity index (χ1v) is 9.10. The van der Waals surface area contributed by atoms with E-state index >= 15 is 0 Å². The first-order chi connectivity index (χ1) is 13.1. The number of aliphatic hydroxyl groups is 1. The summed E-state index contributed by atoms with van der Waals surface area (Å²) in [7, 11) is 0. The average molecular weight is 369 g/mol. The summed E-state index contributed by atoms with van der Waals surface area (Å²) < 4.78 is 5.20. The number of hydrazine groups is 2. The number of amides is 1. The van der Waals surface area contributed by atoms with Crippen LogP contribution in [0.4, 0.5) is 0 Å². The monoisotopic (exact) mass is 369 g/mol. The highest BCUT2D eigenvalue weighted by atomic mass is 16.5. The van der Waals surface area contributed by atoms with Gasteiger partial charge in [0.2, 0.25) is 5.76 Å². The molecule has 1 saturated carbocycles. The van der Waals surface area contributed by atoms with Gasteiger partial charge < -0.3 is 20.4 Å². The van der Waals surface area contributed by atoms with Gasteiger partial charge in [-0.25, -0.2) is 0 Å². The molecule has 1 amide bonds. The van der Waals surface area contributed by atoms with Crippen molar-refractivity contribution in [1.82, 2.24) is 26.4 Å². The molecule has 0 unspecified atom stereocenters. The van der Waals surface area contributed by atoms with Gasteiger partial charge in [0.15, 0.2) is 0 Å². The topological polar surface area (TPSA) is 103 Å². The maximum atomic E-state index is 12.4. The summed E-state index contributed by atoms with van der Waals surface area (Å²) in [6.45, 7) is 2.51. The molecule has 0 bridgehead atoms. The highest BCUT2D eigenvalue weighted by Crippen LogP contribution is 2.30. The van der Waals surface area contributed by atoms with Crippen LogP contribution in [0.15, 0.2) is 52.8 Å². The van der Waals surface area contributed by atoms with Crippen molar-refractivity contribution in [2.45, 2.75) is 31.9 Å². The van der Waals surface area contributed by atoms with Crippen molar-refractivity contribution >= 4 is 5.91 Å². The largest absolute Gasteiger partial charge is 0.387 e. The van der Waals surface area contributed by atoms with Gasteiger partial charge in [-0.3, -0.25) is 9.80 Å². The Hall–Kier alpha value is -2.84. The van der Waals surface area contributed by atoms with E-state index in [0.29, 0.717) is 11.6 Å². The molecule has 1 aromatic carbocycles. The molecule has 2 aromatic rings. The van der Waals surface area contributed by atoms with Crippen LogP contribution in [0.3, 0.4) is 0 Å². The van der Waals surface area contributed by atoms with Crippen LogP contribution >= 0.6 is 0 Å². The number of hydrogen-bond acceptors (Lipinski definition) is 7. The highest BCUT2D eigenvalue weighted by Gasteiger charge is 2.34. The van der Waals surface area contributed by atoms with Crippen LogP contribution in [-0.4, -0.2) is 39.9 Å². The molecular formula is C19H23N5O3. The SMILES string of the molecule is C[C@H](O)C1=CNNN1C[C@H]1C[C@@H](NC(=O)c2cc(-c3ccccc3)no2)C1. The predicted octanol–water partition coefficient (Wildman–Crippen LogP) is 1.40. The Kier molecular flexibility index (Phi) is 4.83. The van der Waals surface area contributed by atoms with Crippen LogP contribution in [0.1, 0.15) is 30.3 Å². The van der Waals surface area contributed by atoms with E-state index in [-0.39, 0.29) is 17.7 Å². The molecule has 0 spiro atoms. The first-order valence-electron chi connectivity index (χ1n) is 9.10. The molecular weight excluding hydrogens is 346 g/mol. The third kappa shape index (κ3) is 3.81. The standard InChI is InChI=1S/C19H23N5O3/c1-12(25)17-10-20-23-24(17)11-13-7-15(8-13)21-19(26)18-9-16(22-27-18)14-5-3-2-4-6-14/h2-6,9-10,12-13,15,20,23,25H,7-8,11H2,1H3,(H,21,26)/t12-,13-,15+/m0/s1. The van der Waals surface area contributed by atoms with Crippen molar-refractivity contribution in [2.75, 3.05) is 6.54 Å². The fraction of sp³-hybridized carbons (Fsp3) is 0.368. The molecule has 8 heteroatoms. The third-order valence-electron chi connectivity index (χ3n) is 4.97. The Labute approximate surface area is 157 Å². The molecule has 142 valence electrons. The molecule has 4 N–H and O–H groups in total. The molecule has 4 rings (SSSR count). The number of hydrogen-bond donors (Lipinski definition) is 4. The van der Waals surface area contributed by atoms with Gasteiger partial charge in [-0.15, -0.1) is 5.53 Å².